The Kier molecular flexibility index (Phi) is 4.19. The molecule has 0 saturated heterocycles. The van der Waals surface area contributed by atoms with Crippen molar-refractivity contribution in [2.45, 2.75) is 25.4 Å². The molecule has 0 aliphatic rings. The van der Waals surface area contributed by atoms with Gasteiger partial charge in [-0.25, -0.2) is 9.97 Å². The van der Waals surface area contributed by atoms with E-state index in [2.05, 4.69) is 14.7 Å². The molecule has 0 bridgehead atoms. The summed E-state index contributed by atoms with van der Waals surface area (Å²) in [6.45, 7) is 4.39. The molecule has 0 radical (unpaired) electrons. The van der Waals surface area contributed by atoms with E-state index in [0.29, 0.717) is 18.1 Å². The van der Waals surface area contributed by atoms with Crippen LogP contribution in [0.3, 0.4) is 0 Å². The number of benzene rings is 1. The molecule has 0 fully saturated rings. The van der Waals surface area contributed by atoms with Gasteiger partial charge >= 0.3 is 0 Å². The van der Waals surface area contributed by atoms with Crippen molar-refractivity contribution < 1.29 is 8.42 Å². The predicted octanol–water partition coefficient (Wildman–Crippen LogP) is 3.33. The summed E-state index contributed by atoms with van der Waals surface area (Å²) < 4.78 is 31.4. The fourth-order valence-electron chi connectivity index (χ4n) is 2.92. The van der Waals surface area contributed by atoms with Gasteiger partial charge in [-0.3, -0.25) is 4.72 Å². The molecule has 1 N–H and O–H groups in total. The normalized spacial score (nSPS) is 11.8. The minimum atomic E-state index is -3.72. The number of nitrogens with one attached hydrogen (secondary N) is 1. The Morgan fingerprint density at radius 3 is 2.48 bits per heavy atom. The van der Waals surface area contributed by atoms with Gasteiger partial charge in [-0.15, -0.1) is 0 Å². The van der Waals surface area contributed by atoms with Crippen molar-refractivity contribution in [1.82, 2.24) is 18.9 Å². The molecule has 138 valence electrons. The van der Waals surface area contributed by atoms with Gasteiger partial charge in [0.25, 0.3) is 10.0 Å². The Bertz CT molecular complexity index is 1170. The molecule has 0 saturated carbocycles. The molecule has 3 heterocycles. The number of pyridine rings is 1. The summed E-state index contributed by atoms with van der Waals surface area (Å²) in [6, 6.07) is 12.9. The molecule has 1 aromatic carbocycles. The first kappa shape index (κ1) is 17.3. The van der Waals surface area contributed by atoms with Crippen molar-refractivity contribution in [1.29, 1.82) is 0 Å². The van der Waals surface area contributed by atoms with Crippen molar-refractivity contribution in [3.63, 3.8) is 0 Å². The van der Waals surface area contributed by atoms with Gasteiger partial charge in [-0.1, -0.05) is 18.2 Å². The maximum atomic E-state index is 12.6. The van der Waals surface area contributed by atoms with Gasteiger partial charge in [-0.05, 0) is 38.1 Å². The number of sulfonamides is 1. The molecule has 0 unspecified atom stereocenters. The van der Waals surface area contributed by atoms with Crippen LogP contribution in [0.2, 0.25) is 0 Å². The quantitative estimate of drug-likeness (QED) is 0.575. The molecule has 0 spiro atoms. The van der Waals surface area contributed by atoms with Crippen LogP contribution in [-0.4, -0.2) is 27.4 Å². The fraction of sp³-hybridized carbons (Fsp3) is 0.158. The van der Waals surface area contributed by atoms with Crippen LogP contribution in [0, 0.1) is 6.92 Å². The average molecular weight is 381 g/mol. The van der Waals surface area contributed by atoms with E-state index in [9.17, 15) is 8.42 Å². The van der Waals surface area contributed by atoms with Crippen LogP contribution in [0.1, 0.15) is 12.7 Å². The first-order chi connectivity index (χ1) is 13.0. The van der Waals surface area contributed by atoms with Crippen LogP contribution in [0.5, 0.6) is 0 Å². The third kappa shape index (κ3) is 3.31. The number of aromatic nitrogens is 4. The molecule has 3 aromatic heterocycles. The molecule has 7 nitrogen and oxygen atoms in total. The molecule has 0 aliphatic heterocycles. The fourth-order valence-corrected chi connectivity index (χ4v) is 3.99. The van der Waals surface area contributed by atoms with Gasteiger partial charge in [0.05, 0.1) is 5.69 Å². The second-order valence-electron chi connectivity index (χ2n) is 6.19. The summed E-state index contributed by atoms with van der Waals surface area (Å²) in [5.74, 6) is 0.667. The number of nitrogens with zero attached hydrogens (tertiary/aromatic N) is 4. The number of anilines is 1. The largest absolute Gasteiger partial charge is 0.334 e. The minimum Gasteiger partial charge on any atom is -0.334 e. The summed E-state index contributed by atoms with van der Waals surface area (Å²) >= 11 is 0. The van der Waals surface area contributed by atoms with Gasteiger partial charge in [-0.2, -0.15) is 8.42 Å². The highest BCUT2D eigenvalue weighted by Gasteiger charge is 2.19. The van der Waals surface area contributed by atoms with E-state index in [-0.39, 0.29) is 5.03 Å². The summed E-state index contributed by atoms with van der Waals surface area (Å²) in [4.78, 5) is 8.71. The van der Waals surface area contributed by atoms with Gasteiger partial charge in [0.1, 0.15) is 11.5 Å². The molecule has 0 amide bonds. The third-order valence-corrected chi connectivity index (χ3v) is 5.62. The molecule has 8 heteroatoms. The zero-order valence-corrected chi connectivity index (χ0v) is 15.8. The molecule has 0 atom stereocenters. The number of hydrogen-bond donors (Lipinski definition) is 1. The van der Waals surface area contributed by atoms with E-state index in [4.69, 9.17) is 0 Å². The average Bonchev–Trinajstić information content (AvgIpc) is 3.25. The van der Waals surface area contributed by atoms with Crippen molar-refractivity contribution in [2.24, 2.45) is 0 Å². The molecule has 0 aliphatic carbocycles. The maximum absolute atomic E-state index is 12.6. The topological polar surface area (TPSA) is 81.3 Å². The number of fused-ring (bicyclic) bond motifs is 1. The molecular formula is C19H19N5O2S. The maximum Gasteiger partial charge on any atom is 0.280 e. The number of rotatable bonds is 5. The number of hydrogen-bond acceptors (Lipinski definition) is 4. The molecular weight excluding hydrogens is 362 g/mol. The predicted molar refractivity (Wildman–Crippen MR) is 104 cm³/mol. The van der Waals surface area contributed by atoms with Gasteiger partial charge in [0.15, 0.2) is 5.03 Å². The lowest BCUT2D eigenvalue weighted by molar-refractivity contribution is 0.598. The standard InChI is InChI=1S/C19H19N5O2S/c1-3-23-13-19(20-14(23)2)27(25,26)22-16-9-7-15(8-10-16)17-12-24-11-5-4-6-18(24)21-17/h4-13,22H,3H2,1-2H3. The Labute approximate surface area is 157 Å². The van der Waals surface area contributed by atoms with E-state index in [1.54, 1.807) is 29.8 Å². The van der Waals surface area contributed by atoms with Crippen molar-refractivity contribution in [3.8, 4) is 11.3 Å². The zero-order chi connectivity index (χ0) is 19.0. The van der Waals surface area contributed by atoms with Gasteiger partial charge in [0, 0.05) is 36.4 Å². The monoisotopic (exact) mass is 381 g/mol. The Morgan fingerprint density at radius 1 is 1.04 bits per heavy atom. The van der Waals surface area contributed by atoms with Crippen LogP contribution in [0.15, 0.2) is 66.1 Å². The first-order valence-electron chi connectivity index (χ1n) is 8.57. The zero-order valence-electron chi connectivity index (χ0n) is 15.0. The summed E-state index contributed by atoms with van der Waals surface area (Å²) in [5.41, 5.74) is 3.08. The van der Waals surface area contributed by atoms with Crippen LogP contribution in [-0.2, 0) is 16.6 Å². The van der Waals surface area contributed by atoms with Gasteiger partial charge < -0.3 is 8.97 Å². The van der Waals surface area contributed by atoms with Crippen molar-refractivity contribution in [2.75, 3.05) is 4.72 Å². The second kappa shape index (κ2) is 6.55. The highest BCUT2D eigenvalue weighted by molar-refractivity contribution is 7.92. The van der Waals surface area contributed by atoms with Gasteiger partial charge in [0.2, 0.25) is 0 Å². The van der Waals surface area contributed by atoms with Crippen LogP contribution >= 0.6 is 0 Å². The molecule has 4 aromatic rings. The molecule has 27 heavy (non-hydrogen) atoms. The Morgan fingerprint density at radius 2 is 1.81 bits per heavy atom. The van der Waals surface area contributed by atoms with Crippen LogP contribution < -0.4 is 4.72 Å². The summed E-state index contributed by atoms with van der Waals surface area (Å²) in [6.07, 6.45) is 5.42. The number of aryl methyl sites for hydroxylation is 2. The van der Waals surface area contributed by atoms with Crippen molar-refractivity contribution >= 4 is 21.4 Å². The lowest BCUT2D eigenvalue weighted by Crippen LogP contribution is -2.13. The number of imidazole rings is 2. The highest BCUT2D eigenvalue weighted by atomic mass is 32.2. The van der Waals surface area contributed by atoms with E-state index in [1.165, 1.54) is 0 Å². The first-order valence-corrected chi connectivity index (χ1v) is 10.1. The van der Waals surface area contributed by atoms with E-state index in [0.717, 1.165) is 16.9 Å². The van der Waals surface area contributed by atoms with Crippen LogP contribution in [0.25, 0.3) is 16.9 Å². The van der Waals surface area contributed by atoms with E-state index >= 15 is 0 Å². The lowest BCUT2D eigenvalue weighted by atomic mass is 10.1. The van der Waals surface area contributed by atoms with E-state index < -0.39 is 10.0 Å². The van der Waals surface area contributed by atoms with E-state index in [1.807, 2.05) is 54.0 Å². The summed E-state index contributed by atoms with van der Waals surface area (Å²) in [7, 11) is -3.72. The third-order valence-electron chi connectivity index (χ3n) is 4.37. The Hall–Kier alpha value is -3.13. The van der Waals surface area contributed by atoms with Crippen LogP contribution in [0.4, 0.5) is 5.69 Å². The summed E-state index contributed by atoms with van der Waals surface area (Å²) in [5, 5.41) is 0.0197. The smallest absolute Gasteiger partial charge is 0.280 e. The molecule has 4 rings (SSSR count). The highest BCUT2D eigenvalue weighted by Crippen LogP contribution is 2.23. The van der Waals surface area contributed by atoms with Crippen molar-refractivity contribution in [3.05, 3.63) is 66.9 Å². The Balaban J connectivity index is 1.58. The minimum absolute atomic E-state index is 0.0197. The SMILES string of the molecule is CCn1cc(S(=O)(=O)Nc2ccc(-c3cn4ccccc4n3)cc2)nc1C. The lowest BCUT2D eigenvalue weighted by Gasteiger charge is -2.06. The second-order valence-corrected chi connectivity index (χ2v) is 7.82.